The maximum atomic E-state index is 12.9. The van der Waals surface area contributed by atoms with Gasteiger partial charge in [0.25, 0.3) is 0 Å². The second-order valence-corrected chi connectivity index (χ2v) is 4.83. The van der Waals surface area contributed by atoms with Crippen molar-refractivity contribution in [3.8, 4) is 0 Å². The fourth-order valence-corrected chi connectivity index (χ4v) is 1.24. The highest BCUT2D eigenvalue weighted by Crippen LogP contribution is 2.63. The molecule has 0 amide bonds. The number of hydrogen-bond donors (Lipinski definition) is 0. The van der Waals surface area contributed by atoms with E-state index < -0.39 is 54.6 Å². The van der Waals surface area contributed by atoms with Crippen LogP contribution in [0.2, 0.25) is 0 Å². The lowest BCUT2D eigenvalue weighted by Crippen LogP contribution is -2.74. The second kappa shape index (κ2) is 5.65. The van der Waals surface area contributed by atoms with Gasteiger partial charge >= 0.3 is 47.6 Å². The average Bonchev–Trinajstić information content (AvgIpc) is 2.34. The molecule has 0 saturated carbocycles. The highest BCUT2D eigenvalue weighted by atomic mass is 19.4. The van der Waals surface area contributed by atoms with E-state index in [0.29, 0.717) is 0 Å². The van der Waals surface area contributed by atoms with Gasteiger partial charge in [0.1, 0.15) is 0 Å². The smallest absolute Gasteiger partial charge is 0.200 e. The molecular formula is C9H3F17. The van der Waals surface area contributed by atoms with Crippen LogP contribution in [0.15, 0.2) is 0 Å². The Morgan fingerprint density at radius 2 is 0.500 bits per heavy atom. The van der Waals surface area contributed by atoms with Crippen LogP contribution in [-0.4, -0.2) is 47.6 Å². The van der Waals surface area contributed by atoms with E-state index >= 15 is 0 Å². The van der Waals surface area contributed by atoms with E-state index in [1.807, 2.05) is 0 Å². The van der Waals surface area contributed by atoms with Crippen LogP contribution in [0, 0.1) is 0 Å². The van der Waals surface area contributed by atoms with Gasteiger partial charge in [-0.05, 0) is 0 Å². The molecular weight excluding hydrogens is 431 g/mol. The van der Waals surface area contributed by atoms with Crippen LogP contribution in [0.4, 0.5) is 74.6 Å². The Labute approximate surface area is 130 Å². The standard InChI is InChI=1S/C9H3F17/c1-2(10,11)3(12,13)4(14,15)5(16,17)6(18,19)7(20,21)8(22,23)9(24,25)26/h1H3. The van der Waals surface area contributed by atoms with Crippen LogP contribution < -0.4 is 0 Å². The van der Waals surface area contributed by atoms with Gasteiger partial charge in [0, 0.05) is 6.92 Å². The van der Waals surface area contributed by atoms with Crippen molar-refractivity contribution in [3.05, 3.63) is 0 Å². The van der Waals surface area contributed by atoms with Gasteiger partial charge in [-0.3, -0.25) is 0 Å². The Bertz CT molecular complexity index is 469. The predicted molar refractivity (Wildman–Crippen MR) is 46.4 cm³/mol. The third-order valence-corrected chi connectivity index (χ3v) is 2.88. The minimum Gasteiger partial charge on any atom is -0.200 e. The van der Waals surface area contributed by atoms with Crippen LogP contribution in [0.3, 0.4) is 0 Å². The zero-order valence-electron chi connectivity index (χ0n) is 11.4. The van der Waals surface area contributed by atoms with Gasteiger partial charge in [-0.2, -0.15) is 74.6 Å². The lowest BCUT2D eigenvalue weighted by molar-refractivity contribution is -0.460. The third kappa shape index (κ3) is 2.84. The zero-order chi connectivity index (χ0) is 22.0. The molecule has 0 atom stereocenters. The lowest BCUT2D eigenvalue weighted by atomic mass is 9.89. The summed E-state index contributed by atoms with van der Waals surface area (Å²) in [5.74, 6) is -55.7. The summed E-state index contributed by atoms with van der Waals surface area (Å²) in [4.78, 5) is 0. The van der Waals surface area contributed by atoms with E-state index in [4.69, 9.17) is 0 Å². The minimum atomic E-state index is -8.56. The molecule has 17 heteroatoms. The first kappa shape index (κ1) is 24.8. The molecule has 0 bridgehead atoms. The molecule has 0 unspecified atom stereocenters. The van der Waals surface area contributed by atoms with Gasteiger partial charge in [0.2, 0.25) is 0 Å². The summed E-state index contributed by atoms with van der Waals surface area (Å²) in [6.07, 6.45) is -7.73. The normalized spacial score (nSPS) is 16.8. The maximum Gasteiger partial charge on any atom is 0.460 e. The fourth-order valence-electron chi connectivity index (χ4n) is 1.24. The van der Waals surface area contributed by atoms with Crippen LogP contribution in [0.25, 0.3) is 0 Å². The van der Waals surface area contributed by atoms with Crippen molar-refractivity contribution in [2.75, 3.05) is 0 Å². The Kier molecular flexibility index (Phi) is 5.39. The van der Waals surface area contributed by atoms with Gasteiger partial charge in [-0.25, -0.2) is 0 Å². The Morgan fingerprint density at radius 1 is 0.308 bits per heavy atom. The molecule has 0 aromatic rings. The van der Waals surface area contributed by atoms with E-state index in [0.717, 1.165) is 0 Å². The van der Waals surface area contributed by atoms with Crippen LogP contribution in [0.1, 0.15) is 6.92 Å². The fraction of sp³-hybridized carbons (Fsp3) is 1.00. The Hall–Kier alpha value is -1.19. The third-order valence-electron chi connectivity index (χ3n) is 2.88. The van der Waals surface area contributed by atoms with Gasteiger partial charge in [0.15, 0.2) is 0 Å². The monoisotopic (exact) mass is 434 g/mol. The average molecular weight is 434 g/mol. The van der Waals surface area contributed by atoms with E-state index in [-0.39, 0.29) is 0 Å². The molecule has 0 aliphatic rings. The molecule has 0 nitrogen and oxygen atoms in total. The van der Waals surface area contributed by atoms with Crippen molar-refractivity contribution < 1.29 is 74.6 Å². The predicted octanol–water partition coefficient (Wildman–Crippen LogP) is 6.02. The molecule has 0 aliphatic carbocycles. The number of alkyl halides is 17. The second-order valence-electron chi connectivity index (χ2n) is 4.83. The van der Waals surface area contributed by atoms with Crippen molar-refractivity contribution in [2.24, 2.45) is 0 Å². The summed E-state index contributed by atoms with van der Waals surface area (Å²) in [5, 5.41) is 0. The molecule has 0 aromatic heterocycles. The molecule has 0 spiro atoms. The molecule has 0 saturated heterocycles. The summed E-state index contributed by atoms with van der Waals surface area (Å²) in [5.41, 5.74) is 0. The lowest BCUT2D eigenvalue weighted by Gasteiger charge is -2.42. The summed E-state index contributed by atoms with van der Waals surface area (Å²) < 4.78 is 213. The van der Waals surface area contributed by atoms with Crippen LogP contribution in [-0.2, 0) is 0 Å². The van der Waals surface area contributed by atoms with Gasteiger partial charge in [0.05, 0.1) is 0 Å². The van der Waals surface area contributed by atoms with Crippen molar-refractivity contribution in [2.45, 2.75) is 54.6 Å². The summed E-state index contributed by atoms with van der Waals surface area (Å²) >= 11 is 0. The Morgan fingerprint density at radius 3 is 0.692 bits per heavy atom. The molecule has 0 N–H and O–H groups in total. The highest BCUT2D eigenvalue weighted by molar-refractivity contribution is 5.14. The van der Waals surface area contributed by atoms with E-state index in [9.17, 15) is 74.6 Å². The molecule has 0 fully saturated rings. The van der Waals surface area contributed by atoms with Crippen molar-refractivity contribution >= 4 is 0 Å². The van der Waals surface area contributed by atoms with E-state index in [1.165, 1.54) is 0 Å². The molecule has 0 rings (SSSR count). The summed E-state index contributed by atoms with van der Waals surface area (Å²) in [7, 11) is 0. The molecule has 0 aromatic carbocycles. The van der Waals surface area contributed by atoms with Gasteiger partial charge < -0.3 is 0 Å². The van der Waals surface area contributed by atoms with Crippen LogP contribution >= 0.6 is 0 Å². The first-order valence-electron chi connectivity index (χ1n) is 5.46. The van der Waals surface area contributed by atoms with Crippen molar-refractivity contribution in [1.82, 2.24) is 0 Å². The SMILES string of the molecule is CC(F)(F)C(F)(F)C(F)(F)C(F)(F)C(F)(F)C(F)(F)C(F)(F)C(F)(F)F. The highest BCUT2D eigenvalue weighted by Gasteiger charge is 2.94. The molecule has 0 heterocycles. The maximum absolute atomic E-state index is 12.9. The van der Waals surface area contributed by atoms with Crippen LogP contribution in [0.5, 0.6) is 0 Å². The number of rotatable bonds is 6. The zero-order valence-corrected chi connectivity index (χ0v) is 11.4. The van der Waals surface area contributed by atoms with E-state index in [1.54, 1.807) is 0 Å². The van der Waals surface area contributed by atoms with E-state index in [2.05, 4.69) is 0 Å². The quantitative estimate of drug-likeness (QED) is 0.449. The molecule has 0 aliphatic heterocycles. The topological polar surface area (TPSA) is 0 Å². The van der Waals surface area contributed by atoms with Crippen molar-refractivity contribution in [1.29, 1.82) is 0 Å². The molecule has 0 radical (unpaired) electrons. The summed E-state index contributed by atoms with van der Waals surface area (Å²) in [6.45, 7) is -1.25. The van der Waals surface area contributed by atoms with Crippen molar-refractivity contribution in [3.63, 3.8) is 0 Å². The van der Waals surface area contributed by atoms with Gasteiger partial charge in [-0.15, -0.1) is 0 Å². The Balaban J connectivity index is 6.61. The first-order valence-corrected chi connectivity index (χ1v) is 5.46. The summed E-state index contributed by atoms with van der Waals surface area (Å²) in [6, 6.07) is 0. The minimum absolute atomic E-state index is 1.25. The number of hydrogen-bond acceptors (Lipinski definition) is 0. The largest absolute Gasteiger partial charge is 0.460 e. The molecule has 26 heavy (non-hydrogen) atoms. The number of halogens is 17. The molecule has 158 valence electrons. The first-order chi connectivity index (χ1) is 10.8. The van der Waals surface area contributed by atoms with Gasteiger partial charge in [-0.1, -0.05) is 0 Å².